The zero-order valence-corrected chi connectivity index (χ0v) is 21.1. The fourth-order valence-electron chi connectivity index (χ4n) is 4.61. The lowest BCUT2D eigenvalue weighted by Gasteiger charge is -2.26. The van der Waals surface area contributed by atoms with E-state index in [1.54, 1.807) is 36.4 Å². The van der Waals surface area contributed by atoms with Crippen LogP contribution in [0.4, 0.5) is 5.69 Å². The van der Waals surface area contributed by atoms with Crippen molar-refractivity contribution in [1.29, 1.82) is 0 Å². The van der Waals surface area contributed by atoms with Gasteiger partial charge in [-0.05, 0) is 99.0 Å². The average molecular weight is 477 g/mol. The number of benzene rings is 3. The summed E-state index contributed by atoms with van der Waals surface area (Å²) in [4.78, 5) is 13.3. The molecular formula is C28H32N2O3S. The standard InChI is InChI=1S/C28H32N2O3S/c1-19-8-12-27(13-9-19)34(32,33)30(26-15-20(2)14-21(3)16-26)18-28(31)29-22(4)24-11-10-23-6-5-7-25(23)17-24/h8-17,22H,5-7,18H2,1-4H3,(H,29,31)/t22-/m0/s1. The van der Waals surface area contributed by atoms with Gasteiger partial charge >= 0.3 is 0 Å². The predicted octanol–water partition coefficient (Wildman–Crippen LogP) is 5.17. The molecule has 1 amide bonds. The Labute approximate surface area is 202 Å². The van der Waals surface area contributed by atoms with Gasteiger partial charge in [0.05, 0.1) is 16.6 Å². The largest absolute Gasteiger partial charge is 0.348 e. The minimum Gasteiger partial charge on any atom is -0.348 e. The van der Waals surface area contributed by atoms with Crippen molar-refractivity contribution < 1.29 is 13.2 Å². The maximum Gasteiger partial charge on any atom is 0.264 e. The number of hydrogen-bond donors (Lipinski definition) is 1. The molecule has 0 fully saturated rings. The Morgan fingerprint density at radius 1 is 0.882 bits per heavy atom. The second kappa shape index (κ2) is 9.63. The van der Waals surface area contributed by atoms with E-state index in [1.807, 2.05) is 33.8 Å². The van der Waals surface area contributed by atoms with Gasteiger partial charge in [0.1, 0.15) is 6.54 Å². The van der Waals surface area contributed by atoms with Gasteiger partial charge in [0.15, 0.2) is 0 Å². The van der Waals surface area contributed by atoms with E-state index >= 15 is 0 Å². The van der Waals surface area contributed by atoms with Gasteiger partial charge in [-0.2, -0.15) is 0 Å². The van der Waals surface area contributed by atoms with Crippen LogP contribution in [0.1, 0.15) is 52.8 Å². The fraction of sp³-hybridized carbons (Fsp3) is 0.321. The second-order valence-electron chi connectivity index (χ2n) is 9.34. The number of rotatable bonds is 7. The highest BCUT2D eigenvalue weighted by atomic mass is 32.2. The van der Waals surface area contributed by atoms with E-state index < -0.39 is 10.0 Å². The van der Waals surface area contributed by atoms with Crippen LogP contribution in [0.5, 0.6) is 0 Å². The fourth-order valence-corrected chi connectivity index (χ4v) is 6.01. The Kier molecular flexibility index (Phi) is 6.80. The number of aryl methyl sites for hydroxylation is 5. The van der Waals surface area contributed by atoms with Crippen molar-refractivity contribution in [2.75, 3.05) is 10.8 Å². The molecule has 0 aromatic heterocycles. The van der Waals surface area contributed by atoms with E-state index in [1.165, 1.54) is 21.9 Å². The molecule has 1 aliphatic carbocycles. The molecule has 3 aromatic rings. The summed E-state index contributed by atoms with van der Waals surface area (Å²) in [6.45, 7) is 7.39. The lowest BCUT2D eigenvalue weighted by Crippen LogP contribution is -2.41. The molecule has 1 atom stereocenters. The number of anilines is 1. The molecule has 0 heterocycles. The van der Waals surface area contributed by atoms with Crippen LogP contribution >= 0.6 is 0 Å². The van der Waals surface area contributed by atoms with Crippen LogP contribution in [0.15, 0.2) is 65.6 Å². The van der Waals surface area contributed by atoms with Crippen molar-refractivity contribution in [2.24, 2.45) is 0 Å². The van der Waals surface area contributed by atoms with Gasteiger partial charge in [-0.15, -0.1) is 0 Å². The Hall–Kier alpha value is -3.12. The topological polar surface area (TPSA) is 66.5 Å². The summed E-state index contributed by atoms with van der Waals surface area (Å²) in [6, 6.07) is 18.4. The first kappa shape index (κ1) is 24.0. The van der Waals surface area contributed by atoms with Gasteiger partial charge in [-0.25, -0.2) is 8.42 Å². The number of hydrogen-bond acceptors (Lipinski definition) is 3. The normalized spacial score (nSPS) is 13.9. The number of carbonyl (C=O) groups is 1. The van der Waals surface area contributed by atoms with E-state index in [0.29, 0.717) is 5.69 Å². The van der Waals surface area contributed by atoms with Crippen LogP contribution in [0.3, 0.4) is 0 Å². The highest BCUT2D eigenvalue weighted by molar-refractivity contribution is 7.92. The molecule has 34 heavy (non-hydrogen) atoms. The molecule has 178 valence electrons. The molecule has 5 nitrogen and oxygen atoms in total. The summed E-state index contributed by atoms with van der Waals surface area (Å²) in [5, 5.41) is 3.00. The molecule has 0 radical (unpaired) electrons. The minimum atomic E-state index is -3.94. The minimum absolute atomic E-state index is 0.164. The lowest BCUT2D eigenvalue weighted by molar-refractivity contribution is -0.120. The van der Waals surface area contributed by atoms with Gasteiger partial charge in [0.25, 0.3) is 10.0 Å². The molecule has 6 heteroatoms. The predicted molar refractivity (Wildman–Crippen MR) is 137 cm³/mol. The number of nitrogens with zero attached hydrogens (tertiary/aromatic N) is 1. The van der Waals surface area contributed by atoms with Gasteiger partial charge in [-0.3, -0.25) is 9.10 Å². The average Bonchev–Trinajstić information content (AvgIpc) is 3.25. The van der Waals surface area contributed by atoms with Gasteiger partial charge in [0.2, 0.25) is 5.91 Å². The third kappa shape index (κ3) is 5.17. The summed E-state index contributed by atoms with van der Waals surface area (Å²) >= 11 is 0. The van der Waals surface area contributed by atoms with Crippen molar-refractivity contribution in [3.63, 3.8) is 0 Å². The molecular weight excluding hydrogens is 444 g/mol. The van der Waals surface area contributed by atoms with Crippen LogP contribution in [-0.4, -0.2) is 20.9 Å². The third-order valence-electron chi connectivity index (χ3n) is 6.39. The number of amides is 1. The molecule has 1 N–H and O–H groups in total. The maximum atomic E-state index is 13.6. The Balaban J connectivity index is 1.61. The highest BCUT2D eigenvalue weighted by Gasteiger charge is 2.28. The van der Waals surface area contributed by atoms with Crippen LogP contribution in [0.25, 0.3) is 0 Å². The Bertz CT molecular complexity index is 1290. The summed E-state index contributed by atoms with van der Waals surface area (Å²) in [5.41, 5.74) is 7.09. The number of sulfonamides is 1. The molecule has 0 spiro atoms. The molecule has 0 bridgehead atoms. The van der Waals surface area contributed by atoms with E-state index in [4.69, 9.17) is 0 Å². The first-order valence-corrected chi connectivity index (χ1v) is 13.2. The summed E-state index contributed by atoms with van der Waals surface area (Å²) < 4.78 is 28.5. The van der Waals surface area contributed by atoms with E-state index in [0.717, 1.165) is 35.1 Å². The molecule has 0 aliphatic heterocycles. The maximum absolute atomic E-state index is 13.6. The number of nitrogens with one attached hydrogen (secondary N) is 1. The molecule has 0 saturated carbocycles. The summed E-state index contributed by atoms with van der Waals surface area (Å²) in [6.07, 6.45) is 3.35. The SMILES string of the molecule is Cc1ccc(S(=O)(=O)N(CC(=O)N[C@@H](C)c2ccc3c(c2)CCC3)c2cc(C)cc(C)c2)cc1. The number of fused-ring (bicyclic) bond motifs is 1. The van der Waals surface area contributed by atoms with E-state index in [9.17, 15) is 13.2 Å². The monoisotopic (exact) mass is 476 g/mol. The third-order valence-corrected chi connectivity index (χ3v) is 8.18. The molecule has 0 saturated heterocycles. The van der Waals surface area contributed by atoms with E-state index in [2.05, 4.69) is 23.5 Å². The van der Waals surface area contributed by atoms with Crippen LogP contribution < -0.4 is 9.62 Å². The smallest absolute Gasteiger partial charge is 0.264 e. The van der Waals surface area contributed by atoms with Crippen LogP contribution in [0.2, 0.25) is 0 Å². The van der Waals surface area contributed by atoms with Crippen molar-refractivity contribution >= 4 is 21.6 Å². The molecule has 0 unspecified atom stereocenters. The van der Waals surface area contributed by atoms with Crippen molar-refractivity contribution in [3.8, 4) is 0 Å². The van der Waals surface area contributed by atoms with Crippen molar-refractivity contribution in [1.82, 2.24) is 5.32 Å². The second-order valence-corrected chi connectivity index (χ2v) is 11.2. The Morgan fingerprint density at radius 2 is 1.53 bits per heavy atom. The zero-order chi connectivity index (χ0) is 24.5. The first-order valence-electron chi connectivity index (χ1n) is 11.7. The quantitative estimate of drug-likeness (QED) is 0.511. The lowest BCUT2D eigenvalue weighted by atomic mass is 10.0. The van der Waals surface area contributed by atoms with Crippen molar-refractivity contribution in [2.45, 2.75) is 57.9 Å². The highest BCUT2D eigenvalue weighted by Crippen LogP contribution is 2.27. The van der Waals surface area contributed by atoms with Crippen LogP contribution in [-0.2, 0) is 27.7 Å². The van der Waals surface area contributed by atoms with Gasteiger partial charge in [-0.1, -0.05) is 42.0 Å². The Morgan fingerprint density at radius 3 is 2.21 bits per heavy atom. The summed E-state index contributed by atoms with van der Waals surface area (Å²) in [5.74, 6) is -0.345. The zero-order valence-electron chi connectivity index (χ0n) is 20.3. The van der Waals surface area contributed by atoms with Gasteiger partial charge in [0, 0.05) is 0 Å². The van der Waals surface area contributed by atoms with Crippen LogP contribution in [0, 0.1) is 20.8 Å². The molecule has 4 rings (SSSR count). The van der Waals surface area contributed by atoms with Crippen molar-refractivity contribution in [3.05, 3.63) is 94.0 Å². The van der Waals surface area contributed by atoms with Gasteiger partial charge < -0.3 is 5.32 Å². The van der Waals surface area contributed by atoms with E-state index in [-0.39, 0.29) is 23.4 Å². The molecule has 3 aromatic carbocycles. The number of carbonyl (C=O) groups excluding carboxylic acids is 1. The summed E-state index contributed by atoms with van der Waals surface area (Å²) in [7, 11) is -3.94. The molecule has 1 aliphatic rings. The first-order chi connectivity index (χ1) is 16.1.